The topological polar surface area (TPSA) is 99.6 Å². The van der Waals surface area contributed by atoms with Crippen LogP contribution in [0, 0.1) is 0 Å². The van der Waals surface area contributed by atoms with Gasteiger partial charge < -0.3 is 9.84 Å². The van der Waals surface area contributed by atoms with E-state index in [4.69, 9.17) is 4.74 Å². The number of amides is 1. The highest BCUT2D eigenvalue weighted by Crippen LogP contribution is 2.26. The number of phenols is 1. The van der Waals surface area contributed by atoms with Crippen molar-refractivity contribution in [1.29, 1.82) is 0 Å². The monoisotopic (exact) mass is 316 g/mol. The molecule has 0 aliphatic heterocycles. The molecule has 1 heterocycles. The Kier molecular flexibility index (Phi) is 5.35. The Morgan fingerprint density at radius 1 is 1.48 bits per heavy atom. The van der Waals surface area contributed by atoms with Crippen LogP contribution in [0.25, 0.3) is 0 Å². The predicted molar refractivity (Wildman–Crippen MR) is 87.0 cm³/mol. The molecule has 1 amide bonds. The van der Waals surface area contributed by atoms with Crippen LogP contribution in [0.5, 0.6) is 11.5 Å². The predicted octanol–water partition coefficient (Wildman–Crippen LogP) is 2.40. The summed E-state index contributed by atoms with van der Waals surface area (Å²) in [5.74, 6) is 0.303. The molecule has 23 heavy (non-hydrogen) atoms. The van der Waals surface area contributed by atoms with E-state index in [-0.39, 0.29) is 17.4 Å². The van der Waals surface area contributed by atoms with E-state index in [0.717, 1.165) is 5.69 Å². The normalized spacial score (nSPS) is 11.1. The maximum Gasteiger partial charge on any atom is 0.291 e. The number of aromatic nitrogens is 2. The number of hydrogen-bond acceptors (Lipinski definition) is 5. The van der Waals surface area contributed by atoms with Crippen LogP contribution in [0.2, 0.25) is 0 Å². The summed E-state index contributed by atoms with van der Waals surface area (Å²) in [4.78, 5) is 11.9. The van der Waals surface area contributed by atoms with Gasteiger partial charge in [-0.15, -0.1) is 0 Å². The minimum atomic E-state index is -0.395. The lowest BCUT2D eigenvalue weighted by Gasteiger charge is -2.05. The van der Waals surface area contributed by atoms with E-state index in [1.165, 1.54) is 12.3 Å². The molecule has 0 unspecified atom stereocenters. The largest absolute Gasteiger partial charge is 0.504 e. The van der Waals surface area contributed by atoms with Crippen molar-refractivity contribution in [3.05, 3.63) is 41.2 Å². The number of carbonyl (C=O) groups is 1. The quantitative estimate of drug-likeness (QED) is 0.563. The lowest BCUT2D eigenvalue weighted by atomic mass is 10.1. The van der Waals surface area contributed by atoms with Crippen LogP contribution in [0.3, 0.4) is 0 Å². The molecule has 0 radical (unpaired) electrons. The van der Waals surface area contributed by atoms with Gasteiger partial charge in [0.1, 0.15) is 0 Å². The third kappa shape index (κ3) is 4.32. The molecule has 2 rings (SSSR count). The van der Waals surface area contributed by atoms with E-state index < -0.39 is 5.91 Å². The van der Waals surface area contributed by atoms with Crippen molar-refractivity contribution in [3.63, 3.8) is 0 Å². The zero-order valence-electron chi connectivity index (χ0n) is 13.3. The molecule has 0 saturated heterocycles. The molecule has 0 atom stereocenters. The van der Waals surface area contributed by atoms with E-state index in [0.29, 0.717) is 17.9 Å². The van der Waals surface area contributed by atoms with Gasteiger partial charge in [0, 0.05) is 5.69 Å². The Balaban J connectivity index is 2.00. The number of rotatable bonds is 6. The number of H-pyrrole nitrogens is 1. The molecular formula is C16H20N4O3. The van der Waals surface area contributed by atoms with E-state index in [1.54, 1.807) is 18.2 Å². The number of aromatic amines is 1. The maximum absolute atomic E-state index is 11.9. The summed E-state index contributed by atoms with van der Waals surface area (Å²) in [6.45, 7) is 6.29. The first kappa shape index (κ1) is 16.5. The lowest BCUT2D eigenvalue weighted by molar-refractivity contribution is 0.0950. The van der Waals surface area contributed by atoms with Crippen LogP contribution < -0.4 is 10.2 Å². The zero-order chi connectivity index (χ0) is 16.8. The highest BCUT2D eigenvalue weighted by molar-refractivity contribution is 5.93. The van der Waals surface area contributed by atoms with E-state index in [1.807, 2.05) is 20.8 Å². The number of carbonyl (C=O) groups excluding carboxylic acids is 1. The Morgan fingerprint density at radius 3 is 2.91 bits per heavy atom. The number of aromatic hydroxyl groups is 1. The van der Waals surface area contributed by atoms with Crippen molar-refractivity contribution >= 4 is 12.1 Å². The van der Waals surface area contributed by atoms with Crippen LogP contribution in [-0.4, -0.2) is 34.0 Å². The van der Waals surface area contributed by atoms with Crippen LogP contribution >= 0.6 is 0 Å². The van der Waals surface area contributed by atoms with Gasteiger partial charge in [0.25, 0.3) is 5.91 Å². The molecule has 3 N–H and O–H groups in total. The second-order valence-electron chi connectivity index (χ2n) is 5.22. The first-order valence-electron chi connectivity index (χ1n) is 7.35. The van der Waals surface area contributed by atoms with Crippen LogP contribution in [-0.2, 0) is 0 Å². The average Bonchev–Trinajstić information content (AvgIpc) is 3.01. The molecular weight excluding hydrogens is 296 g/mol. The number of hydrazone groups is 1. The molecule has 1 aromatic heterocycles. The molecule has 0 aliphatic carbocycles. The smallest absolute Gasteiger partial charge is 0.291 e. The minimum absolute atomic E-state index is 0.0609. The summed E-state index contributed by atoms with van der Waals surface area (Å²) >= 11 is 0. The van der Waals surface area contributed by atoms with Gasteiger partial charge >= 0.3 is 0 Å². The zero-order valence-corrected chi connectivity index (χ0v) is 13.3. The summed E-state index contributed by atoms with van der Waals surface area (Å²) in [7, 11) is 0. The number of ether oxygens (including phenoxy) is 1. The molecule has 7 nitrogen and oxygen atoms in total. The lowest BCUT2D eigenvalue weighted by Crippen LogP contribution is -2.18. The van der Waals surface area contributed by atoms with Gasteiger partial charge in [0.2, 0.25) is 0 Å². The van der Waals surface area contributed by atoms with E-state index >= 15 is 0 Å². The van der Waals surface area contributed by atoms with E-state index in [2.05, 4.69) is 20.7 Å². The molecule has 0 fully saturated rings. The number of benzene rings is 1. The Hall–Kier alpha value is -2.83. The highest BCUT2D eigenvalue weighted by atomic mass is 16.5. The number of nitrogens with zero attached hydrogens (tertiary/aromatic N) is 2. The van der Waals surface area contributed by atoms with Gasteiger partial charge in [0.15, 0.2) is 17.2 Å². The summed E-state index contributed by atoms with van der Waals surface area (Å²) in [5.41, 5.74) is 4.27. The SMILES string of the molecule is CCOc1cc(/C=N\NC(=O)c2cc(C(C)C)[nH]n2)ccc1O. The Bertz CT molecular complexity index is 707. The van der Waals surface area contributed by atoms with E-state index in [9.17, 15) is 9.90 Å². The summed E-state index contributed by atoms with van der Waals surface area (Å²) in [5, 5.41) is 20.3. The maximum atomic E-state index is 11.9. The fraction of sp³-hybridized carbons (Fsp3) is 0.312. The first-order valence-corrected chi connectivity index (χ1v) is 7.35. The second-order valence-corrected chi connectivity index (χ2v) is 5.22. The van der Waals surface area contributed by atoms with Gasteiger partial charge in [-0.2, -0.15) is 10.2 Å². The Morgan fingerprint density at radius 2 is 2.26 bits per heavy atom. The van der Waals surface area contributed by atoms with Crippen molar-refractivity contribution in [3.8, 4) is 11.5 Å². The van der Waals surface area contributed by atoms with Gasteiger partial charge in [0.05, 0.1) is 12.8 Å². The number of hydrogen-bond donors (Lipinski definition) is 3. The van der Waals surface area contributed by atoms with Crippen molar-refractivity contribution < 1.29 is 14.6 Å². The fourth-order valence-electron chi connectivity index (χ4n) is 1.85. The molecule has 122 valence electrons. The molecule has 0 bridgehead atoms. The molecule has 0 aliphatic rings. The van der Waals surface area contributed by atoms with Gasteiger partial charge in [-0.3, -0.25) is 9.89 Å². The first-order chi connectivity index (χ1) is 11.0. The number of nitrogens with one attached hydrogen (secondary N) is 2. The van der Waals surface area contributed by atoms with Crippen molar-refractivity contribution in [2.75, 3.05) is 6.61 Å². The van der Waals surface area contributed by atoms with Gasteiger partial charge in [-0.05, 0) is 42.7 Å². The summed E-state index contributed by atoms with van der Waals surface area (Å²) in [6.07, 6.45) is 1.47. The molecule has 0 spiro atoms. The third-order valence-corrected chi connectivity index (χ3v) is 3.12. The molecule has 1 aromatic carbocycles. The molecule has 2 aromatic rings. The number of phenolic OH excluding ortho intramolecular Hbond substituents is 1. The van der Waals surface area contributed by atoms with Crippen molar-refractivity contribution in [2.24, 2.45) is 5.10 Å². The average molecular weight is 316 g/mol. The second kappa shape index (κ2) is 7.44. The van der Waals surface area contributed by atoms with Crippen molar-refractivity contribution in [2.45, 2.75) is 26.7 Å². The summed E-state index contributed by atoms with van der Waals surface area (Å²) in [6, 6.07) is 6.51. The standard InChI is InChI=1S/C16H20N4O3/c1-4-23-15-7-11(5-6-14(15)21)9-17-20-16(22)13-8-12(10(2)3)18-19-13/h5-10,21H,4H2,1-3H3,(H,18,19)(H,20,22)/b17-9-. The van der Waals surface area contributed by atoms with Gasteiger partial charge in [-0.25, -0.2) is 5.43 Å². The van der Waals surface area contributed by atoms with Crippen LogP contribution in [0.1, 0.15) is 48.4 Å². The fourth-order valence-corrected chi connectivity index (χ4v) is 1.85. The highest BCUT2D eigenvalue weighted by Gasteiger charge is 2.11. The van der Waals surface area contributed by atoms with Crippen molar-refractivity contribution in [1.82, 2.24) is 15.6 Å². The minimum Gasteiger partial charge on any atom is -0.504 e. The molecule has 0 saturated carbocycles. The molecule has 7 heteroatoms. The van der Waals surface area contributed by atoms with Crippen LogP contribution in [0.15, 0.2) is 29.4 Å². The third-order valence-electron chi connectivity index (χ3n) is 3.12. The summed E-state index contributed by atoms with van der Waals surface area (Å²) < 4.78 is 5.29. The Labute approximate surface area is 134 Å². The van der Waals surface area contributed by atoms with Crippen LogP contribution in [0.4, 0.5) is 0 Å². The van der Waals surface area contributed by atoms with Gasteiger partial charge in [-0.1, -0.05) is 13.8 Å².